The van der Waals surface area contributed by atoms with Gasteiger partial charge in [0, 0.05) is 17.7 Å². The van der Waals surface area contributed by atoms with E-state index in [1.165, 1.54) is 23.2 Å². The number of hydrazine groups is 1. The summed E-state index contributed by atoms with van der Waals surface area (Å²) in [5.74, 6) is -0.345. The van der Waals surface area contributed by atoms with Crippen LogP contribution in [0.3, 0.4) is 0 Å². The molecular formula is C22H17N3O5. The molecule has 4 rings (SSSR count). The van der Waals surface area contributed by atoms with Gasteiger partial charge in [-0.1, -0.05) is 18.2 Å². The monoisotopic (exact) mass is 403 g/mol. The molecule has 0 spiro atoms. The number of furan rings is 1. The first-order valence-corrected chi connectivity index (χ1v) is 9.12. The van der Waals surface area contributed by atoms with Gasteiger partial charge < -0.3 is 4.42 Å². The van der Waals surface area contributed by atoms with E-state index in [0.717, 1.165) is 11.1 Å². The predicted molar refractivity (Wildman–Crippen MR) is 110 cm³/mol. The van der Waals surface area contributed by atoms with Crippen LogP contribution in [0, 0.1) is 24.0 Å². The Balaban J connectivity index is 1.62. The average molecular weight is 403 g/mol. The van der Waals surface area contributed by atoms with E-state index in [4.69, 9.17) is 4.42 Å². The number of amides is 2. The van der Waals surface area contributed by atoms with Crippen LogP contribution in [0.25, 0.3) is 17.4 Å². The lowest BCUT2D eigenvalue weighted by Crippen LogP contribution is -2.35. The standard InChI is InChI=1S/C22H17N3O5/c1-13-6-7-16(10-14(13)2)24-22(27)19(21(26)23-24)12-18-8-9-20(30-18)15-4-3-5-17(11-15)25(28)29/h3-12H,1-2H3,(H,23,26)/b19-12-. The van der Waals surface area contributed by atoms with Crippen LogP contribution in [-0.4, -0.2) is 16.7 Å². The molecule has 0 saturated carbocycles. The molecule has 2 heterocycles. The number of nitrogens with one attached hydrogen (secondary N) is 1. The summed E-state index contributed by atoms with van der Waals surface area (Å²) in [5.41, 5.74) is 5.60. The maximum Gasteiger partial charge on any atom is 0.282 e. The third kappa shape index (κ3) is 3.46. The molecule has 1 aromatic heterocycles. The Labute approximate surface area is 171 Å². The molecule has 150 valence electrons. The van der Waals surface area contributed by atoms with Crippen LogP contribution in [0.5, 0.6) is 0 Å². The number of nitro groups is 1. The number of nitrogens with zero attached hydrogens (tertiary/aromatic N) is 2. The number of benzene rings is 2. The highest BCUT2D eigenvalue weighted by Gasteiger charge is 2.34. The predicted octanol–water partition coefficient (Wildman–Crippen LogP) is 3.93. The lowest BCUT2D eigenvalue weighted by atomic mass is 10.1. The summed E-state index contributed by atoms with van der Waals surface area (Å²) in [6, 6.07) is 14.7. The van der Waals surface area contributed by atoms with Gasteiger partial charge in [-0.3, -0.25) is 25.1 Å². The second-order valence-electron chi connectivity index (χ2n) is 6.92. The molecule has 1 saturated heterocycles. The summed E-state index contributed by atoms with van der Waals surface area (Å²) in [7, 11) is 0. The summed E-state index contributed by atoms with van der Waals surface area (Å²) < 4.78 is 5.69. The number of nitro benzene ring substituents is 1. The highest BCUT2D eigenvalue weighted by atomic mass is 16.6. The van der Waals surface area contributed by atoms with Crippen LogP contribution in [0.1, 0.15) is 16.9 Å². The molecule has 8 nitrogen and oxygen atoms in total. The highest BCUT2D eigenvalue weighted by Crippen LogP contribution is 2.28. The zero-order valence-electron chi connectivity index (χ0n) is 16.2. The molecule has 3 aromatic rings. The molecule has 30 heavy (non-hydrogen) atoms. The van der Waals surface area contributed by atoms with Gasteiger partial charge in [-0.2, -0.15) is 0 Å². The summed E-state index contributed by atoms with van der Waals surface area (Å²) in [4.78, 5) is 35.6. The van der Waals surface area contributed by atoms with Crippen LogP contribution in [0.2, 0.25) is 0 Å². The third-order valence-electron chi connectivity index (χ3n) is 4.90. The molecule has 1 fully saturated rings. The number of rotatable bonds is 4. The van der Waals surface area contributed by atoms with E-state index in [1.54, 1.807) is 30.3 Å². The minimum atomic E-state index is -0.536. The van der Waals surface area contributed by atoms with E-state index >= 15 is 0 Å². The molecule has 1 aliphatic rings. The highest BCUT2D eigenvalue weighted by molar-refractivity contribution is 6.31. The smallest absolute Gasteiger partial charge is 0.282 e. The van der Waals surface area contributed by atoms with Crippen molar-refractivity contribution in [1.29, 1.82) is 0 Å². The molecule has 8 heteroatoms. The zero-order valence-corrected chi connectivity index (χ0v) is 16.2. The Morgan fingerprint density at radius 3 is 2.57 bits per heavy atom. The van der Waals surface area contributed by atoms with Crippen molar-refractivity contribution >= 4 is 29.3 Å². The SMILES string of the molecule is Cc1ccc(N2NC(=O)/C(=C/c3ccc(-c4cccc([N+](=O)[O-])c4)o3)C2=O)cc1C. The van der Waals surface area contributed by atoms with Gasteiger partial charge in [0.05, 0.1) is 10.6 Å². The Kier molecular flexibility index (Phi) is 4.67. The zero-order chi connectivity index (χ0) is 21.4. The van der Waals surface area contributed by atoms with E-state index in [-0.39, 0.29) is 17.0 Å². The van der Waals surface area contributed by atoms with Crippen molar-refractivity contribution in [3.05, 3.63) is 87.2 Å². The maximum atomic E-state index is 12.8. The maximum absolute atomic E-state index is 12.8. The molecule has 0 radical (unpaired) electrons. The molecular weight excluding hydrogens is 386 g/mol. The quantitative estimate of drug-likeness (QED) is 0.307. The number of carbonyl (C=O) groups is 2. The Bertz CT molecular complexity index is 1230. The average Bonchev–Trinajstić information content (AvgIpc) is 3.30. The molecule has 2 amide bonds. The van der Waals surface area contributed by atoms with Crippen molar-refractivity contribution in [3.63, 3.8) is 0 Å². The van der Waals surface area contributed by atoms with Gasteiger partial charge in [0.25, 0.3) is 17.5 Å². The fourth-order valence-corrected chi connectivity index (χ4v) is 3.10. The van der Waals surface area contributed by atoms with Crippen molar-refractivity contribution in [3.8, 4) is 11.3 Å². The number of aryl methyl sites for hydroxylation is 2. The lowest BCUT2D eigenvalue weighted by molar-refractivity contribution is -0.384. The molecule has 0 atom stereocenters. The molecule has 1 N–H and O–H groups in total. The Hall–Kier alpha value is -4.20. The van der Waals surface area contributed by atoms with E-state index in [2.05, 4.69) is 5.43 Å². The lowest BCUT2D eigenvalue weighted by Gasteiger charge is -2.15. The van der Waals surface area contributed by atoms with Crippen LogP contribution in [0.4, 0.5) is 11.4 Å². The first kappa shape index (κ1) is 19.1. The summed E-state index contributed by atoms with van der Waals surface area (Å²) >= 11 is 0. The topological polar surface area (TPSA) is 106 Å². The number of hydrogen-bond donors (Lipinski definition) is 1. The summed E-state index contributed by atoms with van der Waals surface area (Å²) in [5, 5.41) is 12.2. The van der Waals surface area contributed by atoms with Crippen molar-refractivity contribution < 1.29 is 18.9 Å². The first-order valence-electron chi connectivity index (χ1n) is 9.12. The van der Waals surface area contributed by atoms with Gasteiger partial charge >= 0.3 is 0 Å². The van der Waals surface area contributed by atoms with Crippen LogP contribution < -0.4 is 10.4 Å². The number of hydrogen-bond acceptors (Lipinski definition) is 5. The van der Waals surface area contributed by atoms with E-state index in [0.29, 0.717) is 17.0 Å². The third-order valence-corrected chi connectivity index (χ3v) is 4.90. The van der Waals surface area contributed by atoms with Crippen molar-refractivity contribution in [2.45, 2.75) is 13.8 Å². The molecule has 2 aromatic carbocycles. The molecule has 1 aliphatic heterocycles. The Morgan fingerprint density at radius 1 is 1.03 bits per heavy atom. The largest absolute Gasteiger partial charge is 0.457 e. The van der Waals surface area contributed by atoms with Gasteiger partial charge in [-0.05, 0) is 55.3 Å². The Morgan fingerprint density at radius 2 is 1.83 bits per heavy atom. The number of carbonyl (C=O) groups excluding carboxylic acids is 2. The van der Waals surface area contributed by atoms with Gasteiger partial charge in [0.1, 0.15) is 17.1 Å². The van der Waals surface area contributed by atoms with Gasteiger partial charge in [0.15, 0.2) is 0 Å². The minimum Gasteiger partial charge on any atom is -0.457 e. The van der Waals surface area contributed by atoms with Gasteiger partial charge in [-0.15, -0.1) is 0 Å². The van der Waals surface area contributed by atoms with E-state index < -0.39 is 16.7 Å². The van der Waals surface area contributed by atoms with E-state index in [9.17, 15) is 19.7 Å². The van der Waals surface area contributed by atoms with Gasteiger partial charge in [0.2, 0.25) is 0 Å². The van der Waals surface area contributed by atoms with Crippen molar-refractivity contribution in [1.82, 2.24) is 5.43 Å². The fourth-order valence-electron chi connectivity index (χ4n) is 3.10. The van der Waals surface area contributed by atoms with Gasteiger partial charge in [-0.25, -0.2) is 5.01 Å². The molecule has 0 bridgehead atoms. The van der Waals surface area contributed by atoms with Crippen molar-refractivity contribution in [2.24, 2.45) is 0 Å². The van der Waals surface area contributed by atoms with Crippen LogP contribution >= 0.6 is 0 Å². The number of anilines is 1. The number of non-ortho nitro benzene ring substituents is 1. The van der Waals surface area contributed by atoms with E-state index in [1.807, 2.05) is 26.0 Å². The molecule has 0 unspecified atom stereocenters. The van der Waals surface area contributed by atoms with Crippen LogP contribution in [-0.2, 0) is 9.59 Å². The minimum absolute atomic E-state index is 0.0572. The molecule has 0 aliphatic carbocycles. The fraction of sp³-hybridized carbons (Fsp3) is 0.0909. The summed E-state index contributed by atoms with van der Waals surface area (Å²) in [6.45, 7) is 3.89. The second kappa shape index (κ2) is 7.32. The van der Waals surface area contributed by atoms with Crippen LogP contribution in [0.15, 0.2) is 64.6 Å². The normalized spacial score (nSPS) is 15.0. The second-order valence-corrected chi connectivity index (χ2v) is 6.92. The summed E-state index contributed by atoms with van der Waals surface area (Å²) in [6.07, 6.45) is 1.36. The first-order chi connectivity index (χ1) is 14.3. The van der Waals surface area contributed by atoms with Crippen molar-refractivity contribution in [2.75, 3.05) is 5.01 Å².